The van der Waals surface area contributed by atoms with Crippen LogP contribution in [0.2, 0.25) is 0 Å². The van der Waals surface area contributed by atoms with Gasteiger partial charge in [0, 0.05) is 17.5 Å². The number of hydrogen-bond acceptors (Lipinski definition) is 6. The van der Waals surface area contributed by atoms with Gasteiger partial charge in [-0.25, -0.2) is 4.79 Å². The van der Waals surface area contributed by atoms with E-state index in [9.17, 15) is 19.2 Å². The zero-order valence-electron chi connectivity index (χ0n) is 18.4. The Kier molecular flexibility index (Phi) is 10.1. The zero-order valence-corrected chi connectivity index (χ0v) is 18.4. The van der Waals surface area contributed by atoms with Crippen LogP contribution in [0.1, 0.15) is 52.8 Å². The molecule has 0 spiro atoms. The molecule has 0 aliphatic heterocycles. The maximum absolute atomic E-state index is 12.5. The number of nitrogens with one attached hydrogen (secondary N) is 1. The summed E-state index contributed by atoms with van der Waals surface area (Å²) in [7, 11) is 2.57. The fraction of sp³-hybridized carbons (Fsp3) is 0.360. The minimum absolute atomic E-state index is 0.0574. The fourth-order valence-corrected chi connectivity index (χ4v) is 3.40. The molecular weight excluding hydrogens is 410 g/mol. The summed E-state index contributed by atoms with van der Waals surface area (Å²) in [4.78, 5) is 49.1. The molecule has 0 aromatic heterocycles. The second kappa shape index (κ2) is 13.0. The molecule has 1 N–H and O–H groups in total. The summed E-state index contributed by atoms with van der Waals surface area (Å²) in [6.45, 7) is 0. The summed E-state index contributed by atoms with van der Waals surface area (Å²) < 4.78 is 9.67. The van der Waals surface area contributed by atoms with Crippen molar-refractivity contribution in [3.63, 3.8) is 0 Å². The normalized spacial score (nSPS) is 12.3. The van der Waals surface area contributed by atoms with E-state index >= 15 is 0 Å². The van der Waals surface area contributed by atoms with Crippen LogP contribution in [-0.4, -0.2) is 43.9 Å². The number of amides is 1. The predicted octanol–water partition coefficient (Wildman–Crippen LogP) is 3.58. The smallest absolute Gasteiger partial charge is 0.328 e. The minimum Gasteiger partial charge on any atom is -0.469 e. The first-order chi connectivity index (χ1) is 15.5. The number of esters is 2. The van der Waals surface area contributed by atoms with Crippen molar-refractivity contribution in [3.05, 3.63) is 71.8 Å². The molecule has 0 fully saturated rings. The van der Waals surface area contributed by atoms with Crippen LogP contribution in [0, 0.1) is 5.92 Å². The van der Waals surface area contributed by atoms with Crippen molar-refractivity contribution >= 4 is 23.6 Å². The van der Waals surface area contributed by atoms with Gasteiger partial charge in [0.25, 0.3) is 5.91 Å². The van der Waals surface area contributed by atoms with Crippen molar-refractivity contribution in [1.29, 1.82) is 0 Å². The Balaban J connectivity index is 1.90. The van der Waals surface area contributed by atoms with E-state index < -0.39 is 23.9 Å². The monoisotopic (exact) mass is 439 g/mol. The highest BCUT2D eigenvalue weighted by atomic mass is 16.5. The Bertz CT molecular complexity index is 822. The number of benzene rings is 2. The van der Waals surface area contributed by atoms with Gasteiger partial charge in [0.15, 0.2) is 5.78 Å². The number of hydrogen-bond donors (Lipinski definition) is 1. The summed E-state index contributed by atoms with van der Waals surface area (Å²) >= 11 is 0. The molecular formula is C25H29NO6. The Morgan fingerprint density at radius 1 is 0.750 bits per heavy atom. The summed E-state index contributed by atoms with van der Waals surface area (Å²) in [5, 5.41) is 2.70. The van der Waals surface area contributed by atoms with Gasteiger partial charge >= 0.3 is 11.9 Å². The number of ether oxygens (including phenoxy) is 2. The highest BCUT2D eigenvalue weighted by Gasteiger charge is 2.25. The number of Topliss-reactive ketones (excluding diaryl/α,β-unsaturated/α-hetero) is 1. The molecule has 7 heteroatoms. The van der Waals surface area contributed by atoms with Crippen LogP contribution in [0.4, 0.5) is 0 Å². The lowest BCUT2D eigenvalue weighted by Gasteiger charge is -2.18. The van der Waals surface area contributed by atoms with Gasteiger partial charge in [0.05, 0.1) is 20.1 Å². The van der Waals surface area contributed by atoms with Gasteiger partial charge in [-0.05, 0) is 25.0 Å². The maximum atomic E-state index is 12.5. The quantitative estimate of drug-likeness (QED) is 0.308. The largest absolute Gasteiger partial charge is 0.469 e. The molecule has 32 heavy (non-hydrogen) atoms. The third-order valence-electron chi connectivity index (χ3n) is 5.18. The molecule has 0 aliphatic carbocycles. The molecule has 0 aliphatic rings. The van der Waals surface area contributed by atoms with Crippen LogP contribution in [0.3, 0.4) is 0 Å². The fourth-order valence-electron chi connectivity index (χ4n) is 3.40. The lowest BCUT2D eigenvalue weighted by Crippen LogP contribution is -2.41. The van der Waals surface area contributed by atoms with Gasteiger partial charge in [0.1, 0.15) is 6.04 Å². The van der Waals surface area contributed by atoms with Crippen LogP contribution in [0.25, 0.3) is 0 Å². The number of carbonyl (C=O) groups excluding carboxylic acids is 4. The maximum Gasteiger partial charge on any atom is 0.328 e. The van der Waals surface area contributed by atoms with Gasteiger partial charge < -0.3 is 14.8 Å². The Labute approximate surface area is 188 Å². The topological polar surface area (TPSA) is 98.8 Å². The Morgan fingerprint density at radius 2 is 1.28 bits per heavy atom. The van der Waals surface area contributed by atoms with Gasteiger partial charge in [-0.15, -0.1) is 0 Å². The van der Waals surface area contributed by atoms with Crippen molar-refractivity contribution in [3.8, 4) is 0 Å². The van der Waals surface area contributed by atoms with Crippen molar-refractivity contribution in [2.45, 2.75) is 38.1 Å². The molecule has 0 bridgehead atoms. The van der Waals surface area contributed by atoms with Crippen molar-refractivity contribution < 1.29 is 28.7 Å². The number of rotatable bonds is 12. The van der Waals surface area contributed by atoms with Crippen LogP contribution >= 0.6 is 0 Å². The third-order valence-corrected chi connectivity index (χ3v) is 5.18. The molecule has 0 radical (unpaired) electrons. The minimum atomic E-state index is -0.796. The molecule has 1 amide bonds. The number of unbranched alkanes of at least 4 members (excludes halogenated alkanes) is 1. The van der Waals surface area contributed by atoms with Crippen LogP contribution in [-0.2, 0) is 19.1 Å². The average Bonchev–Trinajstić information content (AvgIpc) is 2.84. The van der Waals surface area contributed by atoms with Crippen LogP contribution in [0.15, 0.2) is 60.7 Å². The SMILES string of the molecule is COC(=O)[C@H](CCCC[C@H](NC(=O)c1ccccc1)C(=O)OC)CC(=O)c1ccccc1. The zero-order chi connectivity index (χ0) is 23.3. The van der Waals surface area contributed by atoms with E-state index in [2.05, 4.69) is 5.32 Å². The van der Waals surface area contributed by atoms with E-state index in [0.29, 0.717) is 36.8 Å². The molecule has 7 nitrogen and oxygen atoms in total. The molecule has 2 atom stereocenters. The third kappa shape index (κ3) is 7.65. The average molecular weight is 440 g/mol. The predicted molar refractivity (Wildman–Crippen MR) is 119 cm³/mol. The van der Waals surface area contributed by atoms with E-state index in [0.717, 1.165) is 0 Å². The molecule has 2 aromatic rings. The first-order valence-electron chi connectivity index (χ1n) is 10.6. The molecule has 2 aromatic carbocycles. The first-order valence-corrected chi connectivity index (χ1v) is 10.6. The summed E-state index contributed by atoms with van der Waals surface area (Å²) in [5.74, 6) is -2.01. The van der Waals surface area contributed by atoms with E-state index in [1.54, 1.807) is 54.6 Å². The summed E-state index contributed by atoms with van der Waals surface area (Å²) in [5.41, 5.74) is 1.00. The van der Waals surface area contributed by atoms with E-state index in [1.165, 1.54) is 14.2 Å². The number of methoxy groups -OCH3 is 2. The second-order valence-electron chi connectivity index (χ2n) is 7.41. The molecule has 0 heterocycles. The van der Waals surface area contributed by atoms with Gasteiger partial charge in [-0.1, -0.05) is 61.4 Å². The lowest BCUT2D eigenvalue weighted by molar-refractivity contribution is -0.146. The van der Waals surface area contributed by atoms with Crippen molar-refractivity contribution in [2.75, 3.05) is 14.2 Å². The Hall–Kier alpha value is -3.48. The standard InChI is InChI=1S/C25H29NO6/c1-31-24(29)20(17-22(27)18-11-5-3-6-12-18)15-9-10-16-21(25(30)32-2)26-23(28)19-13-7-4-8-14-19/h3-8,11-14,20-21H,9-10,15-17H2,1-2H3,(H,26,28)/t20-,21+/m1/s1. The van der Waals surface area contributed by atoms with Gasteiger partial charge in [-0.3, -0.25) is 14.4 Å². The summed E-state index contributed by atoms with van der Waals surface area (Å²) in [6, 6.07) is 16.6. The lowest BCUT2D eigenvalue weighted by atomic mass is 9.92. The highest BCUT2D eigenvalue weighted by Crippen LogP contribution is 2.19. The molecule has 2 rings (SSSR count). The summed E-state index contributed by atoms with van der Waals surface area (Å²) in [6.07, 6.45) is 1.98. The van der Waals surface area contributed by atoms with Crippen LogP contribution in [0.5, 0.6) is 0 Å². The van der Waals surface area contributed by atoms with E-state index in [-0.39, 0.29) is 18.1 Å². The van der Waals surface area contributed by atoms with Gasteiger partial charge in [0.2, 0.25) is 0 Å². The van der Waals surface area contributed by atoms with Crippen molar-refractivity contribution in [1.82, 2.24) is 5.32 Å². The second-order valence-corrected chi connectivity index (χ2v) is 7.41. The molecule has 170 valence electrons. The van der Waals surface area contributed by atoms with Gasteiger partial charge in [-0.2, -0.15) is 0 Å². The van der Waals surface area contributed by atoms with Crippen molar-refractivity contribution in [2.24, 2.45) is 5.92 Å². The van der Waals surface area contributed by atoms with E-state index in [4.69, 9.17) is 9.47 Å². The molecule has 0 unspecified atom stereocenters. The molecule has 0 saturated heterocycles. The highest BCUT2D eigenvalue weighted by molar-refractivity contribution is 5.98. The van der Waals surface area contributed by atoms with E-state index in [1.807, 2.05) is 6.07 Å². The van der Waals surface area contributed by atoms with Crippen LogP contribution < -0.4 is 5.32 Å². The number of carbonyl (C=O) groups is 4. The molecule has 0 saturated carbocycles. The number of ketones is 1. The Morgan fingerprint density at radius 3 is 1.84 bits per heavy atom. The first kappa shape index (κ1) is 24.8.